The topological polar surface area (TPSA) is 95.0 Å². The number of carbonyl (C=O) groups is 2. The van der Waals surface area contributed by atoms with Crippen molar-refractivity contribution in [2.45, 2.75) is 33.7 Å². The Hall–Kier alpha value is -4.14. The van der Waals surface area contributed by atoms with Crippen LogP contribution >= 0.6 is 0 Å². The number of aryl methyl sites for hydroxylation is 1. The molecule has 4 rings (SSSR count). The third-order valence-corrected chi connectivity index (χ3v) is 5.37. The highest BCUT2D eigenvalue weighted by Crippen LogP contribution is 2.17. The Bertz CT molecular complexity index is 1580. The average Bonchev–Trinajstić information content (AvgIpc) is 2.79. The van der Waals surface area contributed by atoms with Crippen LogP contribution < -0.4 is 11.0 Å². The second-order valence-corrected chi connectivity index (χ2v) is 8.00. The lowest BCUT2D eigenvalue weighted by atomic mass is 10.1. The molecule has 0 aliphatic carbocycles. The molecule has 8 nitrogen and oxygen atoms in total. The van der Waals surface area contributed by atoms with Crippen molar-refractivity contribution < 1.29 is 18.7 Å². The van der Waals surface area contributed by atoms with Gasteiger partial charge in [0.1, 0.15) is 22.7 Å². The number of fused-ring (bicyclic) bond motifs is 2. The van der Waals surface area contributed by atoms with Crippen LogP contribution in [-0.2, 0) is 4.74 Å². The van der Waals surface area contributed by atoms with Crippen LogP contribution in [0.25, 0.3) is 16.7 Å². The summed E-state index contributed by atoms with van der Waals surface area (Å²) in [6, 6.07) is 9.99. The molecule has 3 heterocycles. The molecule has 0 spiro atoms. The monoisotopic (exact) mass is 462 g/mol. The fourth-order valence-electron chi connectivity index (χ4n) is 3.80. The summed E-state index contributed by atoms with van der Waals surface area (Å²) in [4.78, 5) is 48.0. The normalized spacial score (nSPS) is 12.0. The van der Waals surface area contributed by atoms with Crippen molar-refractivity contribution in [3.05, 3.63) is 87.0 Å². The highest BCUT2D eigenvalue weighted by molar-refractivity contribution is 5.97. The quantitative estimate of drug-likeness (QED) is 0.341. The number of pyridine rings is 2. The first-order valence-electron chi connectivity index (χ1n) is 10.8. The molecule has 1 aromatic carbocycles. The molecule has 9 heteroatoms. The van der Waals surface area contributed by atoms with Crippen LogP contribution in [0.15, 0.2) is 58.4 Å². The van der Waals surface area contributed by atoms with Gasteiger partial charge in [-0.3, -0.25) is 14.0 Å². The van der Waals surface area contributed by atoms with Crippen molar-refractivity contribution in [1.29, 1.82) is 0 Å². The molecule has 3 aromatic heterocycles. The molecular formula is C25H23FN4O4. The summed E-state index contributed by atoms with van der Waals surface area (Å²) in [7, 11) is 0. The summed E-state index contributed by atoms with van der Waals surface area (Å²) in [6.45, 7) is 7.16. The van der Waals surface area contributed by atoms with Crippen molar-refractivity contribution in [2.75, 3.05) is 6.61 Å². The minimum Gasteiger partial charge on any atom is -0.462 e. The van der Waals surface area contributed by atoms with Crippen molar-refractivity contribution in [2.24, 2.45) is 4.99 Å². The zero-order valence-corrected chi connectivity index (χ0v) is 19.2. The lowest BCUT2D eigenvalue weighted by Gasteiger charge is -2.18. The predicted molar refractivity (Wildman–Crippen MR) is 124 cm³/mol. The Morgan fingerprint density at radius 1 is 1.12 bits per heavy atom. The van der Waals surface area contributed by atoms with E-state index < -0.39 is 17.7 Å². The van der Waals surface area contributed by atoms with E-state index >= 15 is 0 Å². The lowest BCUT2D eigenvalue weighted by Crippen LogP contribution is -2.33. The molecule has 174 valence electrons. The van der Waals surface area contributed by atoms with Crippen LogP contribution in [-0.4, -0.2) is 32.4 Å². The van der Waals surface area contributed by atoms with Gasteiger partial charge < -0.3 is 9.30 Å². The van der Waals surface area contributed by atoms with E-state index in [0.717, 1.165) is 11.6 Å². The molecule has 4 aromatic rings. The second kappa shape index (κ2) is 9.01. The van der Waals surface area contributed by atoms with Crippen molar-refractivity contribution >= 4 is 28.6 Å². The SMILES string of the molecule is CCOC(=O)c1cc2c(=O)n3cccc(C)c3nc2n(C(C)C)c1=NC(=O)c1ccccc1F. The predicted octanol–water partition coefficient (Wildman–Crippen LogP) is 3.60. The van der Waals surface area contributed by atoms with E-state index in [2.05, 4.69) is 4.99 Å². The smallest absolute Gasteiger partial charge is 0.341 e. The van der Waals surface area contributed by atoms with Crippen LogP contribution in [0.2, 0.25) is 0 Å². The number of benzene rings is 1. The molecule has 34 heavy (non-hydrogen) atoms. The number of halogens is 1. The Balaban J connectivity index is 2.19. The molecule has 0 aliphatic heterocycles. The highest BCUT2D eigenvalue weighted by Gasteiger charge is 2.22. The van der Waals surface area contributed by atoms with Gasteiger partial charge in [-0.1, -0.05) is 18.2 Å². The molecule has 0 saturated heterocycles. The second-order valence-electron chi connectivity index (χ2n) is 8.00. The van der Waals surface area contributed by atoms with E-state index in [1.54, 1.807) is 19.2 Å². The number of rotatable bonds is 4. The number of amides is 1. The van der Waals surface area contributed by atoms with Crippen LogP contribution in [0.4, 0.5) is 4.39 Å². The summed E-state index contributed by atoms with van der Waals surface area (Å²) in [6.07, 6.45) is 1.60. The zero-order chi connectivity index (χ0) is 24.6. The van der Waals surface area contributed by atoms with Gasteiger partial charge in [0.25, 0.3) is 11.5 Å². The maximum absolute atomic E-state index is 14.3. The Morgan fingerprint density at radius 2 is 1.85 bits per heavy atom. The average molecular weight is 462 g/mol. The van der Waals surface area contributed by atoms with E-state index in [9.17, 15) is 18.8 Å². The first-order chi connectivity index (χ1) is 16.2. The van der Waals surface area contributed by atoms with Gasteiger partial charge in [-0.25, -0.2) is 14.2 Å². The summed E-state index contributed by atoms with van der Waals surface area (Å²) >= 11 is 0. The Labute approximate surface area is 194 Å². The maximum Gasteiger partial charge on any atom is 0.341 e. The third kappa shape index (κ3) is 3.89. The van der Waals surface area contributed by atoms with Crippen LogP contribution in [0, 0.1) is 12.7 Å². The minimum atomic E-state index is -0.869. The Morgan fingerprint density at radius 3 is 2.53 bits per heavy atom. The van der Waals surface area contributed by atoms with Gasteiger partial charge in [-0.2, -0.15) is 4.99 Å². The van der Waals surface area contributed by atoms with Crippen molar-refractivity contribution in [3.8, 4) is 0 Å². The van der Waals surface area contributed by atoms with Gasteiger partial charge in [0, 0.05) is 12.2 Å². The number of aromatic nitrogens is 3. The van der Waals surface area contributed by atoms with E-state index in [1.807, 2.05) is 26.8 Å². The molecule has 0 fully saturated rings. The standard InChI is InChI=1S/C25H23FN4O4/c1-5-34-25(33)18-13-17-21(27-20-15(4)9-8-12-29(20)24(17)32)30(14(2)3)22(18)28-23(31)16-10-6-7-11-19(16)26/h6-14H,5H2,1-4H3. The van der Waals surface area contributed by atoms with Crippen molar-refractivity contribution in [3.63, 3.8) is 0 Å². The van der Waals surface area contributed by atoms with Crippen molar-refractivity contribution in [1.82, 2.24) is 14.0 Å². The fourth-order valence-corrected chi connectivity index (χ4v) is 3.80. The van der Waals surface area contributed by atoms with Gasteiger partial charge in [0.15, 0.2) is 5.49 Å². The molecule has 0 radical (unpaired) electrons. The Kier molecular flexibility index (Phi) is 6.10. The summed E-state index contributed by atoms with van der Waals surface area (Å²) in [5, 5.41) is 0.164. The molecule has 0 bridgehead atoms. The third-order valence-electron chi connectivity index (χ3n) is 5.37. The van der Waals surface area contributed by atoms with E-state index in [-0.39, 0.29) is 45.9 Å². The van der Waals surface area contributed by atoms with Gasteiger partial charge in [0.05, 0.1) is 17.6 Å². The van der Waals surface area contributed by atoms with Gasteiger partial charge >= 0.3 is 5.97 Å². The first kappa shape index (κ1) is 23.0. The van der Waals surface area contributed by atoms with E-state index in [4.69, 9.17) is 9.72 Å². The van der Waals surface area contributed by atoms with E-state index in [1.165, 1.54) is 33.2 Å². The number of ether oxygens (including phenoxy) is 1. The summed E-state index contributed by atoms with van der Waals surface area (Å²) < 4.78 is 22.4. The molecule has 0 saturated carbocycles. The van der Waals surface area contributed by atoms with Crippen LogP contribution in [0.5, 0.6) is 0 Å². The fraction of sp³-hybridized carbons (Fsp3) is 0.240. The van der Waals surface area contributed by atoms with Gasteiger partial charge in [-0.15, -0.1) is 0 Å². The number of hydrogen-bond acceptors (Lipinski definition) is 5. The van der Waals surface area contributed by atoms with Gasteiger partial charge in [-0.05, 0) is 57.5 Å². The molecular weight excluding hydrogens is 439 g/mol. The molecule has 0 N–H and O–H groups in total. The van der Waals surface area contributed by atoms with E-state index in [0.29, 0.717) is 5.65 Å². The number of esters is 1. The largest absolute Gasteiger partial charge is 0.462 e. The van der Waals surface area contributed by atoms with Crippen LogP contribution in [0.3, 0.4) is 0 Å². The molecule has 0 atom stereocenters. The number of carbonyl (C=O) groups excluding carboxylic acids is 2. The highest BCUT2D eigenvalue weighted by atomic mass is 19.1. The number of hydrogen-bond donors (Lipinski definition) is 0. The van der Waals surface area contributed by atoms with Crippen LogP contribution in [0.1, 0.15) is 53.1 Å². The lowest BCUT2D eigenvalue weighted by molar-refractivity contribution is 0.0523. The zero-order valence-electron chi connectivity index (χ0n) is 19.2. The minimum absolute atomic E-state index is 0.0564. The summed E-state index contributed by atoms with van der Waals surface area (Å²) in [5.41, 5.74) is 0.697. The molecule has 0 aliphatic rings. The summed E-state index contributed by atoms with van der Waals surface area (Å²) in [5.74, 6) is -2.36. The molecule has 1 amide bonds. The van der Waals surface area contributed by atoms with Gasteiger partial charge in [0.2, 0.25) is 0 Å². The number of nitrogens with zero attached hydrogens (tertiary/aromatic N) is 4. The molecule has 0 unspecified atom stereocenters. The first-order valence-corrected chi connectivity index (χ1v) is 10.8. The maximum atomic E-state index is 14.3.